The lowest BCUT2D eigenvalue weighted by Crippen LogP contribution is -2.21. The molecule has 0 atom stereocenters. The first kappa shape index (κ1) is 16.1. The van der Waals surface area contributed by atoms with E-state index in [1.165, 1.54) is 0 Å². The molecular formula is C16H14F3N5. The first-order valence-electron chi connectivity index (χ1n) is 7.32. The number of aryl methyl sites for hydroxylation is 2. The second kappa shape index (κ2) is 6.77. The van der Waals surface area contributed by atoms with Gasteiger partial charge in [-0.15, -0.1) is 5.10 Å². The van der Waals surface area contributed by atoms with Gasteiger partial charge < -0.3 is 0 Å². The third-order valence-corrected chi connectivity index (χ3v) is 3.33. The molecule has 5 nitrogen and oxygen atoms in total. The predicted octanol–water partition coefficient (Wildman–Crippen LogP) is 3.08. The topological polar surface area (TPSA) is 56.5 Å². The molecule has 3 aromatic rings. The SMILES string of the molecule is FC(F)(F)Cn1nc(-c2ccccn2)nc1CCc1cccnc1. The Morgan fingerprint density at radius 2 is 1.88 bits per heavy atom. The van der Waals surface area contributed by atoms with Gasteiger partial charge in [0, 0.05) is 25.0 Å². The molecule has 8 heteroatoms. The molecule has 0 aliphatic carbocycles. The van der Waals surface area contributed by atoms with Crippen LogP contribution in [0, 0.1) is 0 Å². The van der Waals surface area contributed by atoms with Gasteiger partial charge in [0.2, 0.25) is 0 Å². The molecule has 0 saturated carbocycles. The van der Waals surface area contributed by atoms with Gasteiger partial charge in [0.05, 0.1) is 0 Å². The molecule has 124 valence electrons. The molecule has 0 bridgehead atoms. The van der Waals surface area contributed by atoms with Crippen LogP contribution in [0.25, 0.3) is 11.5 Å². The third kappa shape index (κ3) is 4.15. The summed E-state index contributed by atoms with van der Waals surface area (Å²) in [5.41, 5.74) is 1.37. The van der Waals surface area contributed by atoms with Crippen molar-refractivity contribution in [3.05, 3.63) is 60.3 Å². The number of aromatic nitrogens is 5. The van der Waals surface area contributed by atoms with Gasteiger partial charge in [0.25, 0.3) is 0 Å². The highest BCUT2D eigenvalue weighted by Crippen LogP contribution is 2.20. The van der Waals surface area contributed by atoms with Crippen LogP contribution in [-0.2, 0) is 19.4 Å². The molecule has 0 aliphatic rings. The average molecular weight is 333 g/mol. The van der Waals surface area contributed by atoms with E-state index in [9.17, 15) is 13.2 Å². The van der Waals surface area contributed by atoms with Crippen LogP contribution in [-0.4, -0.2) is 30.9 Å². The molecule has 0 unspecified atom stereocenters. The summed E-state index contributed by atoms with van der Waals surface area (Å²) in [6, 6.07) is 8.78. The Kier molecular flexibility index (Phi) is 4.54. The zero-order valence-corrected chi connectivity index (χ0v) is 12.6. The van der Waals surface area contributed by atoms with Crippen molar-refractivity contribution >= 4 is 0 Å². The standard InChI is InChI=1S/C16H14F3N5/c17-16(18,19)11-24-14(7-6-12-4-3-8-20-10-12)22-15(23-24)13-5-1-2-9-21-13/h1-5,8-10H,6-7,11H2. The van der Waals surface area contributed by atoms with Crippen LogP contribution in [0.4, 0.5) is 13.2 Å². The van der Waals surface area contributed by atoms with Gasteiger partial charge in [0.15, 0.2) is 5.82 Å². The fourth-order valence-corrected chi connectivity index (χ4v) is 2.26. The maximum atomic E-state index is 12.8. The van der Waals surface area contributed by atoms with E-state index in [0.29, 0.717) is 18.5 Å². The van der Waals surface area contributed by atoms with Crippen molar-refractivity contribution < 1.29 is 13.2 Å². The van der Waals surface area contributed by atoms with Gasteiger partial charge in [0.1, 0.15) is 18.1 Å². The molecule has 0 saturated heterocycles. The molecule has 3 aromatic heterocycles. The Morgan fingerprint density at radius 3 is 2.54 bits per heavy atom. The first-order valence-corrected chi connectivity index (χ1v) is 7.32. The Balaban J connectivity index is 1.86. The number of halogens is 3. The average Bonchev–Trinajstić information content (AvgIpc) is 2.96. The van der Waals surface area contributed by atoms with Gasteiger partial charge >= 0.3 is 6.18 Å². The molecule has 0 aliphatic heterocycles. The normalized spacial score (nSPS) is 11.6. The summed E-state index contributed by atoms with van der Waals surface area (Å²) in [6.45, 7) is -1.17. The number of hydrogen-bond acceptors (Lipinski definition) is 4. The Hall–Kier alpha value is -2.77. The minimum atomic E-state index is -4.36. The maximum absolute atomic E-state index is 12.8. The van der Waals surface area contributed by atoms with Gasteiger partial charge in [-0.25, -0.2) is 9.67 Å². The molecule has 3 rings (SSSR count). The summed E-state index contributed by atoms with van der Waals surface area (Å²) >= 11 is 0. The van der Waals surface area contributed by atoms with Crippen molar-refractivity contribution in [1.29, 1.82) is 0 Å². The molecule has 0 fully saturated rings. The quantitative estimate of drug-likeness (QED) is 0.720. The number of nitrogens with zero attached hydrogens (tertiary/aromatic N) is 5. The monoisotopic (exact) mass is 333 g/mol. The van der Waals surface area contributed by atoms with E-state index in [-0.39, 0.29) is 11.6 Å². The molecule has 0 spiro atoms. The van der Waals surface area contributed by atoms with E-state index in [0.717, 1.165) is 10.2 Å². The molecule has 0 radical (unpaired) electrons. The van der Waals surface area contributed by atoms with Crippen LogP contribution in [0.3, 0.4) is 0 Å². The summed E-state index contributed by atoms with van der Waals surface area (Å²) in [4.78, 5) is 12.3. The Bertz CT molecular complexity index is 784. The van der Waals surface area contributed by atoms with Crippen LogP contribution in [0.15, 0.2) is 48.9 Å². The van der Waals surface area contributed by atoms with Crippen molar-refractivity contribution in [2.45, 2.75) is 25.6 Å². The van der Waals surface area contributed by atoms with Crippen LogP contribution < -0.4 is 0 Å². The van der Waals surface area contributed by atoms with E-state index in [1.807, 2.05) is 6.07 Å². The maximum Gasteiger partial charge on any atom is 0.408 e. The summed E-state index contributed by atoms with van der Waals surface area (Å²) in [6.07, 6.45) is 1.39. The molecule has 0 amide bonds. The molecule has 0 N–H and O–H groups in total. The van der Waals surface area contributed by atoms with Gasteiger partial charge in [-0.3, -0.25) is 9.97 Å². The van der Waals surface area contributed by atoms with Gasteiger partial charge in [-0.2, -0.15) is 13.2 Å². The minimum Gasteiger partial charge on any atom is -0.264 e. The van der Waals surface area contributed by atoms with Gasteiger partial charge in [-0.05, 0) is 30.2 Å². The lowest BCUT2D eigenvalue weighted by Gasteiger charge is -2.08. The molecule has 0 aromatic carbocycles. The Morgan fingerprint density at radius 1 is 1.00 bits per heavy atom. The lowest BCUT2D eigenvalue weighted by molar-refractivity contribution is -0.143. The lowest BCUT2D eigenvalue weighted by atomic mass is 10.1. The van der Waals surface area contributed by atoms with Gasteiger partial charge in [-0.1, -0.05) is 12.1 Å². The zero-order chi connectivity index (χ0) is 17.0. The summed E-state index contributed by atoms with van der Waals surface area (Å²) < 4.78 is 39.2. The first-order chi connectivity index (χ1) is 11.5. The van der Waals surface area contributed by atoms with Crippen molar-refractivity contribution in [1.82, 2.24) is 24.7 Å². The van der Waals surface area contributed by atoms with Crippen LogP contribution in [0.1, 0.15) is 11.4 Å². The summed E-state index contributed by atoms with van der Waals surface area (Å²) in [5.74, 6) is 0.470. The second-order valence-electron chi connectivity index (χ2n) is 5.20. The largest absolute Gasteiger partial charge is 0.408 e. The van der Waals surface area contributed by atoms with Crippen molar-refractivity contribution in [2.75, 3.05) is 0 Å². The molecule has 3 heterocycles. The summed E-state index contributed by atoms with van der Waals surface area (Å²) in [5, 5.41) is 3.99. The van der Waals surface area contributed by atoms with Crippen LogP contribution in [0.5, 0.6) is 0 Å². The van der Waals surface area contributed by atoms with E-state index in [2.05, 4.69) is 20.1 Å². The predicted molar refractivity (Wildman–Crippen MR) is 81.0 cm³/mol. The zero-order valence-electron chi connectivity index (χ0n) is 12.6. The van der Waals surface area contributed by atoms with Crippen molar-refractivity contribution in [3.8, 4) is 11.5 Å². The highest BCUT2D eigenvalue weighted by molar-refractivity contribution is 5.47. The fourth-order valence-electron chi connectivity index (χ4n) is 2.26. The second-order valence-corrected chi connectivity index (χ2v) is 5.20. The van der Waals surface area contributed by atoms with Crippen molar-refractivity contribution in [3.63, 3.8) is 0 Å². The smallest absolute Gasteiger partial charge is 0.264 e. The fraction of sp³-hybridized carbons (Fsp3) is 0.250. The highest BCUT2D eigenvalue weighted by atomic mass is 19.4. The number of alkyl halides is 3. The van der Waals surface area contributed by atoms with Crippen LogP contribution >= 0.6 is 0 Å². The number of hydrogen-bond donors (Lipinski definition) is 0. The van der Waals surface area contributed by atoms with E-state index in [1.54, 1.807) is 42.9 Å². The number of pyridine rings is 2. The van der Waals surface area contributed by atoms with Crippen LogP contribution in [0.2, 0.25) is 0 Å². The van der Waals surface area contributed by atoms with E-state index >= 15 is 0 Å². The summed E-state index contributed by atoms with van der Waals surface area (Å²) in [7, 11) is 0. The third-order valence-electron chi connectivity index (χ3n) is 3.33. The highest BCUT2D eigenvalue weighted by Gasteiger charge is 2.30. The molecular weight excluding hydrogens is 319 g/mol. The Labute approximate surface area is 136 Å². The van der Waals surface area contributed by atoms with Crippen molar-refractivity contribution in [2.24, 2.45) is 0 Å². The molecule has 24 heavy (non-hydrogen) atoms. The number of rotatable bonds is 5. The van der Waals surface area contributed by atoms with E-state index < -0.39 is 12.7 Å². The van der Waals surface area contributed by atoms with E-state index in [4.69, 9.17) is 0 Å². The minimum absolute atomic E-state index is 0.195.